The molecule has 29 heavy (non-hydrogen) atoms. The lowest BCUT2D eigenvalue weighted by atomic mass is 10.1. The summed E-state index contributed by atoms with van der Waals surface area (Å²) in [5.74, 6) is 0.0284. The number of likely N-dealkylation sites (N-methyl/N-ethyl adjacent to an activating group) is 1. The summed E-state index contributed by atoms with van der Waals surface area (Å²) in [5.41, 5.74) is 2.89. The van der Waals surface area contributed by atoms with Gasteiger partial charge < -0.3 is 9.80 Å². The Morgan fingerprint density at radius 1 is 1.17 bits per heavy atom. The molecule has 6 heteroatoms. The van der Waals surface area contributed by atoms with Crippen molar-refractivity contribution in [3.63, 3.8) is 0 Å². The second kappa shape index (κ2) is 9.53. The molecule has 0 N–H and O–H groups in total. The summed E-state index contributed by atoms with van der Waals surface area (Å²) in [5, 5.41) is 4.63. The minimum atomic E-state index is -0.315. The fourth-order valence-electron chi connectivity index (χ4n) is 4.10. The number of hydrogen-bond acceptors (Lipinski definition) is 3. The predicted octanol–water partition coefficient (Wildman–Crippen LogP) is 3.94. The molecule has 2 aromatic rings. The van der Waals surface area contributed by atoms with Crippen LogP contribution in [0.5, 0.6) is 0 Å². The van der Waals surface area contributed by atoms with Crippen LogP contribution in [-0.4, -0.2) is 58.2 Å². The van der Waals surface area contributed by atoms with Crippen molar-refractivity contribution in [3.05, 3.63) is 47.0 Å². The van der Waals surface area contributed by atoms with E-state index in [2.05, 4.69) is 37.7 Å². The Balaban J connectivity index is 1.92. The highest BCUT2D eigenvalue weighted by atomic mass is 19.1. The average molecular weight is 401 g/mol. The molecule has 0 saturated heterocycles. The summed E-state index contributed by atoms with van der Waals surface area (Å²) in [6.45, 7) is 12.7. The minimum absolute atomic E-state index is 0.0286. The SMILES string of the molecule is CCN(CC)CCN(CC(C)C)C(=O)c1nn(-c2ccccc2F)c2c1CCC2. The summed E-state index contributed by atoms with van der Waals surface area (Å²) in [6.07, 6.45) is 2.63. The van der Waals surface area contributed by atoms with Crippen molar-refractivity contribution in [2.75, 3.05) is 32.7 Å². The van der Waals surface area contributed by atoms with Crippen LogP contribution >= 0.6 is 0 Å². The molecule has 1 aliphatic rings. The lowest BCUT2D eigenvalue weighted by Gasteiger charge is -2.27. The summed E-state index contributed by atoms with van der Waals surface area (Å²) in [7, 11) is 0. The third kappa shape index (κ3) is 4.69. The Morgan fingerprint density at radius 2 is 1.90 bits per heavy atom. The predicted molar refractivity (Wildman–Crippen MR) is 114 cm³/mol. The van der Waals surface area contributed by atoms with Crippen molar-refractivity contribution in [3.8, 4) is 5.69 Å². The van der Waals surface area contributed by atoms with Gasteiger partial charge in [0.2, 0.25) is 0 Å². The average Bonchev–Trinajstić information content (AvgIpc) is 3.30. The smallest absolute Gasteiger partial charge is 0.274 e. The van der Waals surface area contributed by atoms with Gasteiger partial charge in [0.15, 0.2) is 5.69 Å². The first-order chi connectivity index (χ1) is 14.0. The Kier molecular flexibility index (Phi) is 7.06. The van der Waals surface area contributed by atoms with E-state index in [1.165, 1.54) is 6.07 Å². The molecule has 0 saturated carbocycles. The third-order valence-electron chi connectivity index (χ3n) is 5.67. The van der Waals surface area contributed by atoms with Gasteiger partial charge >= 0.3 is 0 Å². The van der Waals surface area contributed by atoms with Gasteiger partial charge in [-0.1, -0.05) is 39.8 Å². The number of aromatic nitrogens is 2. The van der Waals surface area contributed by atoms with E-state index in [1.54, 1.807) is 22.9 Å². The maximum absolute atomic E-state index is 14.4. The lowest BCUT2D eigenvalue weighted by molar-refractivity contribution is 0.0709. The Bertz CT molecular complexity index is 841. The van der Waals surface area contributed by atoms with Crippen LogP contribution in [0.15, 0.2) is 24.3 Å². The maximum atomic E-state index is 14.4. The van der Waals surface area contributed by atoms with Crippen molar-refractivity contribution in [1.29, 1.82) is 0 Å². The van der Waals surface area contributed by atoms with Crippen LogP contribution in [0.1, 0.15) is 55.9 Å². The molecule has 1 heterocycles. The number of benzene rings is 1. The molecule has 0 fully saturated rings. The monoisotopic (exact) mass is 400 g/mol. The van der Waals surface area contributed by atoms with E-state index in [-0.39, 0.29) is 11.7 Å². The highest BCUT2D eigenvalue weighted by Gasteiger charge is 2.30. The van der Waals surface area contributed by atoms with Gasteiger partial charge in [-0.15, -0.1) is 0 Å². The van der Waals surface area contributed by atoms with Gasteiger partial charge in [-0.05, 0) is 50.4 Å². The van der Waals surface area contributed by atoms with Crippen LogP contribution < -0.4 is 0 Å². The maximum Gasteiger partial charge on any atom is 0.274 e. The molecule has 1 aromatic carbocycles. The van der Waals surface area contributed by atoms with Crippen molar-refractivity contribution in [1.82, 2.24) is 19.6 Å². The van der Waals surface area contributed by atoms with Crippen molar-refractivity contribution >= 4 is 5.91 Å². The molecule has 3 rings (SSSR count). The number of halogens is 1. The third-order valence-corrected chi connectivity index (χ3v) is 5.67. The normalized spacial score (nSPS) is 13.3. The Hall–Kier alpha value is -2.21. The van der Waals surface area contributed by atoms with E-state index in [9.17, 15) is 9.18 Å². The molecule has 0 radical (unpaired) electrons. The van der Waals surface area contributed by atoms with E-state index >= 15 is 0 Å². The van der Waals surface area contributed by atoms with Gasteiger partial charge in [-0.25, -0.2) is 9.07 Å². The zero-order valence-electron chi connectivity index (χ0n) is 18.1. The van der Waals surface area contributed by atoms with Crippen molar-refractivity contribution in [2.45, 2.75) is 47.0 Å². The van der Waals surface area contributed by atoms with Gasteiger partial charge in [0.05, 0.1) is 0 Å². The number of fused-ring (bicyclic) bond motifs is 1. The van der Waals surface area contributed by atoms with Crippen molar-refractivity contribution in [2.24, 2.45) is 5.92 Å². The van der Waals surface area contributed by atoms with E-state index in [1.807, 2.05) is 4.90 Å². The number of para-hydroxylation sites is 1. The summed E-state index contributed by atoms with van der Waals surface area (Å²) in [6, 6.07) is 6.64. The minimum Gasteiger partial charge on any atom is -0.336 e. The first-order valence-corrected chi connectivity index (χ1v) is 10.8. The van der Waals surface area contributed by atoms with Gasteiger partial charge in [0.1, 0.15) is 11.5 Å². The van der Waals surface area contributed by atoms with Gasteiger partial charge in [-0.3, -0.25) is 4.79 Å². The molecule has 0 atom stereocenters. The van der Waals surface area contributed by atoms with Crippen LogP contribution in [0.25, 0.3) is 5.69 Å². The fourth-order valence-corrected chi connectivity index (χ4v) is 4.10. The number of nitrogens with zero attached hydrogens (tertiary/aromatic N) is 4. The molecular weight excluding hydrogens is 367 g/mol. The first-order valence-electron chi connectivity index (χ1n) is 10.8. The molecule has 0 spiro atoms. The molecule has 158 valence electrons. The summed E-state index contributed by atoms with van der Waals surface area (Å²) in [4.78, 5) is 17.7. The number of hydrogen-bond donors (Lipinski definition) is 0. The quantitative estimate of drug-likeness (QED) is 0.640. The molecule has 0 bridgehead atoms. The second-order valence-electron chi connectivity index (χ2n) is 8.16. The molecular formula is C23H33FN4O. The number of amides is 1. The highest BCUT2D eigenvalue weighted by molar-refractivity contribution is 5.94. The first kappa shape index (κ1) is 21.5. The second-order valence-corrected chi connectivity index (χ2v) is 8.16. The van der Waals surface area contributed by atoms with E-state index in [4.69, 9.17) is 0 Å². The molecule has 0 unspecified atom stereocenters. The largest absolute Gasteiger partial charge is 0.336 e. The standard InChI is InChI=1S/C23H33FN4O/c1-5-26(6-2)14-15-27(16-17(3)4)23(29)22-18-10-9-13-20(18)28(25-22)21-12-8-7-11-19(21)24/h7-8,11-12,17H,5-6,9-10,13-16H2,1-4H3. The van der Waals surface area contributed by atoms with Gasteiger partial charge in [0.25, 0.3) is 5.91 Å². The summed E-state index contributed by atoms with van der Waals surface area (Å²) < 4.78 is 16.1. The van der Waals surface area contributed by atoms with E-state index < -0.39 is 0 Å². The molecule has 1 aromatic heterocycles. The van der Waals surface area contributed by atoms with Crippen LogP contribution in [0, 0.1) is 11.7 Å². The molecule has 5 nitrogen and oxygen atoms in total. The summed E-state index contributed by atoms with van der Waals surface area (Å²) >= 11 is 0. The van der Waals surface area contributed by atoms with E-state index in [0.717, 1.165) is 50.2 Å². The zero-order valence-corrected chi connectivity index (χ0v) is 18.1. The van der Waals surface area contributed by atoms with Crippen molar-refractivity contribution < 1.29 is 9.18 Å². The molecule has 1 aliphatic carbocycles. The van der Waals surface area contributed by atoms with Crippen LogP contribution in [-0.2, 0) is 12.8 Å². The molecule has 1 amide bonds. The topological polar surface area (TPSA) is 41.4 Å². The number of carbonyl (C=O) groups is 1. The van der Waals surface area contributed by atoms with E-state index in [0.29, 0.717) is 30.4 Å². The number of rotatable bonds is 9. The lowest BCUT2D eigenvalue weighted by Crippen LogP contribution is -2.41. The van der Waals surface area contributed by atoms with Gasteiger partial charge in [-0.2, -0.15) is 5.10 Å². The van der Waals surface area contributed by atoms with Crippen LogP contribution in [0.3, 0.4) is 0 Å². The van der Waals surface area contributed by atoms with Gasteiger partial charge in [0, 0.05) is 30.9 Å². The van der Waals surface area contributed by atoms with Crippen LogP contribution in [0.2, 0.25) is 0 Å². The molecule has 0 aliphatic heterocycles. The van der Waals surface area contributed by atoms with Crippen LogP contribution in [0.4, 0.5) is 4.39 Å². The Morgan fingerprint density at radius 3 is 2.55 bits per heavy atom. The zero-order chi connectivity index (χ0) is 21.0. The fraction of sp³-hybridized carbons (Fsp3) is 0.565. The highest BCUT2D eigenvalue weighted by Crippen LogP contribution is 2.29. The number of carbonyl (C=O) groups excluding carboxylic acids is 1. The Labute approximate surface area is 173 Å².